The third-order valence-corrected chi connectivity index (χ3v) is 2.54. The van der Waals surface area contributed by atoms with Gasteiger partial charge in [-0.05, 0) is 13.8 Å². The normalized spacial score (nSPS) is 10.7. The monoisotopic (exact) mass is 285 g/mol. The summed E-state index contributed by atoms with van der Waals surface area (Å²) in [5.74, 6) is 0.414. The first-order chi connectivity index (χ1) is 9.15. The van der Waals surface area contributed by atoms with Crippen molar-refractivity contribution in [2.24, 2.45) is 0 Å². The van der Waals surface area contributed by atoms with Gasteiger partial charge in [-0.15, -0.1) is 16.7 Å². The minimum atomic E-state index is -0.550. The van der Waals surface area contributed by atoms with E-state index in [1.54, 1.807) is 13.8 Å². The van der Waals surface area contributed by atoms with Crippen LogP contribution in [0.25, 0.3) is 0 Å². The second kappa shape index (κ2) is 5.79. The Labute approximate surface area is 113 Å². The minimum absolute atomic E-state index is 0.0776. The van der Waals surface area contributed by atoms with Gasteiger partial charge in [-0.25, -0.2) is 9.48 Å². The predicted molar refractivity (Wildman–Crippen MR) is 63.7 cm³/mol. The Morgan fingerprint density at radius 3 is 2.89 bits per heavy atom. The SMILES string of the molecule is CCOC(=O)c1nnn(Cc2nc(C)no2)c1CCl. The third-order valence-electron chi connectivity index (χ3n) is 2.29. The summed E-state index contributed by atoms with van der Waals surface area (Å²) in [6.07, 6.45) is 0. The summed E-state index contributed by atoms with van der Waals surface area (Å²) in [6.45, 7) is 3.89. The fraction of sp³-hybridized carbons (Fsp3) is 0.500. The number of carbonyl (C=O) groups is 1. The number of esters is 1. The number of aromatic nitrogens is 5. The highest BCUT2D eigenvalue weighted by Crippen LogP contribution is 2.12. The maximum absolute atomic E-state index is 11.6. The minimum Gasteiger partial charge on any atom is -0.461 e. The van der Waals surface area contributed by atoms with Gasteiger partial charge < -0.3 is 9.26 Å². The third kappa shape index (κ3) is 2.90. The van der Waals surface area contributed by atoms with Gasteiger partial charge in [0, 0.05) is 0 Å². The van der Waals surface area contributed by atoms with E-state index in [1.807, 2.05) is 0 Å². The lowest BCUT2D eigenvalue weighted by Crippen LogP contribution is -2.10. The number of hydrogen-bond acceptors (Lipinski definition) is 7. The molecule has 0 saturated heterocycles. The number of nitrogens with zero attached hydrogens (tertiary/aromatic N) is 5. The Morgan fingerprint density at radius 2 is 2.32 bits per heavy atom. The fourth-order valence-corrected chi connectivity index (χ4v) is 1.75. The first kappa shape index (κ1) is 13.5. The van der Waals surface area contributed by atoms with Crippen molar-refractivity contribution in [3.05, 3.63) is 23.1 Å². The highest BCUT2D eigenvalue weighted by atomic mass is 35.5. The topological polar surface area (TPSA) is 95.9 Å². The quantitative estimate of drug-likeness (QED) is 0.595. The van der Waals surface area contributed by atoms with Crippen LogP contribution in [0.3, 0.4) is 0 Å². The lowest BCUT2D eigenvalue weighted by atomic mass is 10.3. The van der Waals surface area contributed by atoms with Gasteiger partial charge in [-0.1, -0.05) is 10.4 Å². The van der Waals surface area contributed by atoms with E-state index in [-0.39, 0.29) is 24.7 Å². The lowest BCUT2D eigenvalue weighted by Gasteiger charge is -2.02. The summed E-state index contributed by atoms with van der Waals surface area (Å²) in [4.78, 5) is 15.7. The standard InChI is InChI=1S/C10H12ClN5O3/c1-3-18-10(17)9-7(4-11)16(15-13-9)5-8-12-6(2)14-19-8/h3-5H2,1-2H3. The molecule has 0 aliphatic rings. The van der Waals surface area contributed by atoms with Crippen molar-refractivity contribution in [3.8, 4) is 0 Å². The molecule has 0 spiro atoms. The predicted octanol–water partition coefficient (Wildman–Crippen LogP) is 0.933. The largest absolute Gasteiger partial charge is 0.461 e. The zero-order chi connectivity index (χ0) is 13.8. The van der Waals surface area contributed by atoms with Gasteiger partial charge in [-0.3, -0.25) is 0 Å². The summed E-state index contributed by atoms with van der Waals surface area (Å²) in [7, 11) is 0. The van der Waals surface area contributed by atoms with E-state index in [9.17, 15) is 4.79 Å². The molecule has 0 aromatic carbocycles. The molecule has 0 radical (unpaired) electrons. The van der Waals surface area contributed by atoms with E-state index in [2.05, 4.69) is 20.5 Å². The van der Waals surface area contributed by atoms with Crippen molar-refractivity contribution in [2.75, 3.05) is 6.61 Å². The van der Waals surface area contributed by atoms with Crippen LogP contribution in [0.15, 0.2) is 4.52 Å². The number of alkyl halides is 1. The van der Waals surface area contributed by atoms with Crippen molar-refractivity contribution >= 4 is 17.6 Å². The Bertz CT molecular complexity index is 579. The second-order valence-corrected chi connectivity index (χ2v) is 3.90. The van der Waals surface area contributed by atoms with E-state index in [4.69, 9.17) is 20.9 Å². The lowest BCUT2D eigenvalue weighted by molar-refractivity contribution is 0.0518. The molecule has 8 nitrogen and oxygen atoms in total. The number of halogens is 1. The number of ether oxygens (including phenoxy) is 1. The summed E-state index contributed by atoms with van der Waals surface area (Å²) in [5.41, 5.74) is 0.559. The van der Waals surface area contributed by atoms with Crippen molar-refractivity contribution in [1.82, 2.24) is 25.1 Å². The van der Waals surface area contributed by atoms with Crippen LogP contribution in [0.5, 0.6) is 0 Å². The molecule has 2 heterocycles. The first-order valence-electron chi connectivity index (χ1n) is 5.60. The molecule has 0 bridgehead atoms. The van der Waals surface area contributed by atoms with Gasteiger partial charge in [0.15, 0.2) is 11.5 Å². The summed E-state index contributed by atoms with van der Waals surface area (Å²) in [6, 6.07) is 0. The zero-order valence-corrected chi connectivity index (χ0v) is 11.2. The van der Waals surface area contributed by atoms with Crippen LogP contribution in [0.2, 0.25) is 0 Å². The van der Waals surface area contributed by atoms with E-state index in [1.165, 1.54) is 4.68 Å². The molecule has 0 aliphatic carbocycles. The smallest absolute Gasteiger partial charge is 0.360 e. The van der Waals surface area contributed by atoms with Crippen molar-refractivity contribution in [1.29, 1.82) is 0 Å². The van der Waals surface area contributed by atoms with E-state index < -0.39 is 5.97 Å². The molecule has 9 heteroatoms. The maximum Gasteiger partial charge on any atom is 0.360 e. The number of hydrogen-bond donors (Lipinski definition) is 0. The Hall–Kier alpha value is -1.96. The number of rotatable bonds is 5. The second-order valence-electron chi connectivity index (χ2n) is 3.63. The van der Waals surface area contributed by atoms with Crippen LogP contribution in [-0.2, 0) is 17.2 Å². The van der Waals surface area contributed by atoms with Crippen LogP contribution in [-0.4, -0.2) is 37.7 Å². The van der Waals surface area contributed by atoms with Gasteiger partial charge in [0.2, 0.25) is 5.89 Å². The summed E-state index contributed by atoms with van der Waals surface area (Å²) < 4.78 is 11.3. The highest BCUT2D eigenvalue weighted by molar-refractivity contribution is 6.17. The molecule has 2 aromatic rings. The Morgan fingerprint density at radius 1 is 1.53 bits per heavy atom. The van der Waals surface area contributed by atoms with Crippen molar-refractivity contribution in [3.63, 3.8) is 0 Å². The van der Waals surface area contributed by atoms with Crippen LogP contribution in [0, 0.1) is 6.92 Å². The fourth-order valence-electron chi connectivity index (χ4n) is 1.48. The van der Waals surface area contributed by atoms with Gasteiger partial charge in [0.05, 0.1) is 18.2 Å². The molecule has 0 fully saturated rings. The van der Waals surface area contributed by atoms with Gasteiger partial charge >= 0.3 is 5.97 Å². The molecule has 0 saturated carbocycles. The van der Waals surface area contributed by atoms with E-state index in [0.717, 1.165) is 0 Å². The van der Waals surface area contributed by atoms with E-state index >= 15 is 0 Å². The Balaban J connectivity index is 2.24. The average molecular weight is 286 g/mol. The van der Waals surface area contributed by atoms with Crippen LogP contribution < -0.4 is 0 Å². The Kier molecular flexibility index (Phi) is 4.10. The summed E-state index contributed by atoms with van der Waals surface area (Å²) in [5, 5.41) is 11.3. The van der Waals surface area contributed by atoms with Crippen LogP contribution in [0.4, 0.5) is 0 Å². The first-order valence-corrected chi connectivity index (χ1v) is 6.13. The summed E-state index contributed by atoms with van der Waals surface area (Å²) >= 11 is 5.82. The molecule has 19 heavy (non-hydrogen) atoms. The molecular weight excluding hydrogens is 274 g/mol. The average Bonchev–Trinajstić information content (AvgIpc) is 2.96. The van der Waals surface area contributed by atoms with Crippen molar-refractivity contribution in [2.45, 2.75) is 26.3 Å². The van der Waals surface area contributed by atoms with Crippen molar-refractivity contribution < 1.29 is 14.1 Å². The molecule has 0 aliphatic heterocycles. The molecular formula is C10H12ClN5O3. The maximum atomic E-state index is 11.6. The highest BCUT2D eigenvalue weighted by Gasteiger charge is 2.21. The van der Waals surface area contributed by atoms with Gasteiger partial charge in [0.25, 0.3) is 0 Å². The zero-order valence-electron chi connectivity index (χ0n) is 10.5. The number of aryl methyl sites for hydroxylation is 1. The number of carbonyl (C=O) groups excluding carboxylic acids is 1. The van der Waals surface area contributed by atoms with E-state index in [0.29, 0.717) is 17.4 Å². The van der Waals surface area contributed by atoms with Gasteiger partial charge in [0.1, 0.15) is 6.54 Å². The molecule has 0 amide bonds. The molecule has 0 unspecified atom stereocenters. The molecule has 2 aromatic heterocycles. The molecule has 2 rings (SSSR count). The molecule has 0 atom stereocenters. The van der Waals surface area contributed by atoms with Crippen LogP contribution in [0.1, 0.15) is 34.8 Å². The molecule has 0 N–H and O–H groups in total. The molecule has 102 valence electrons. The van der Waals surface area contributed by atoms with Crippen LogP contribution >= 0.6 is 11.6 Å². The van der Waals surface area contributed by atoms with Gasteiger partial charge in [-0.2, -0.15) is 4.98 Å².